The van der Waals surface area contributed by atoms with Crippen molar-refractivity contribution in [2.45, 2.75) is 32.4 Å². The lowest BCUT2D eigenvalue weighted by molar-refractivity contribution is 0.172. The van der Waals surface area contributed by atoms with Gasteiger partial charge in [0.2, 0.25) is 0 Å². The van der Waals surface area contributed by atoms with Gasteiger partial charge in [0.05, 0.1) is 6.04 Å². The fourth-order valence-electron chi connectivity index (χ4n) is 3.21. The summed E-state index contributed by atoms with van der Waals surface area (Å²) in [4.78, 5) is 0. The molecule has 0 aliphatic carbocycles. The molecule has 0 saturated heterocycles. The van der Waals surface area contributed by atoms with E-state index in [1.165, 1.54) is 22.3 Å². The SMILES string of the molecule is Cc1ccc2c(c1)C(c1ccc(Cl)cc1)N(C)N[C@H](C)C2. The van der Waals surface area contributed by atoms with E-state index in [-0.39, 0.29) is 6.04 Å². The van der Waals surface area contributed by atoms with Gasteiger partial charge in [0.1, 0.15) is 0 Å². The number of aryl methyl sites for hydroxylation is 1. The fraction of sp³-hybridized carbons (Fsp3) is 0.333. The maximum Gasteiger partial charge on any atom is 0.0742 e. The van der Waals surface area contributed by atoms with E-state index in [1.807, 2.05) is 12.1 Å². The standard InChI is InChI=1S/C18H21ClN2/c1-12-4-5-15-11-13(2)20-21(3)18(17(15)10-12)14-6-8-16(19)9-7-14/h4-10,13,18,20H,11H2,1-3H3/t13-,18?/m1/s1. The molecule has 1 heterocycles. The lowest BCUT2D eigenvalue weighted by atomic mass is 9.91. The maximum absolute atomic E-state index is 6.04. The molecule has 0 aromatic heterocycles. The Labute approximate surface area is 131 Å². The summed E-state index contributed by atoms with van der Waals surface area (Å²) in [5.41, 5.74) is 8.94. The van der Waals surface area contributed by atoms with Gasteiger partial charge in [-0.25, -0.2) is 5.01 Å². The van der Waals surface area contributed by atoms with E-state index in [9.17, 15) is 0 Å². The Hall–Kier alpha value is -1.35. The smallest absolute Gasteiger partial charge is 0.0742 e. The highest BCUT2D eigenvalue weighted by Gasteiger charge is 2.27. The molecule has 2 atom stereocenters. The molecule has 0 spiro atoms. The van der Waals surface area contributed by atoms with Gasteiger partial charge in [0.25, 0.3) is 0 Å². The third kappa shape index (κ3) is 2.98. The average Bonchev–Trinajstić information content (AvgIpc) is 2.55. The van der Waals surface area contributed by atoms with Crippen molar-refractivity contribution >= 4 is 11.6 Å². The second-order valence-corrected chi connectivity index (χ2v) is 6.44. The quantitative estimate of drug-likeness (QED) is 0.852. The van der Waals surface area contributed by atoms with Gasteiger partial charge < -0.3 is 0 Å². The van der Waals surface area contributed by atoms with Crippen LogP contribution in [0.15, 0.2) is 42.5 Å². The Morgan fingerprint density at radius 3 is 2.57 bits per heavy atom. The van der Waals surface area contributed by atoms with Crippen LogP contribution in [0.4, 0.5) is 0 Å². The molecule has 1 unspecified atom stereocenters. The molecule has 21 heavy (non-hydrogen) atoms. The summed E-state index contributed by atoms with van der Waals surface area (Å²) in [5, 5.41) is 3.00. The predicted octanol–water partition coefficient (Wildman–Crippen LogP) is 4.12. The summed E-state index contributed by atoms with van der Waals surface area (Å²) >= 11 is 6.04. The lowest BCUT2D eigenvalue weighted by Gasteiger charge is -2.29. The maximum atomic E-state index is 6.04. The number of fused-ring (bicyclic) bond motifs is 1. The van der Waals surface area contributed by atoms with Crippen LogP contribution in [0.2, 0.25) is 5.02 Å². The number of rotatable bonds is 1. The van der Waals surface area contributed by atoms with Crippen molar-refractivity contribution in [2.24, 2.45) is 0 Å². The molecule has 2 aromatic rings. The molecule has 0 radical (unpaired) electrons. The first-order chi connectivity index (χ1) is 10.0. The molecule has 3 heteroatoms. The van der Waals surface area contributed by atoms with Crippen LogP contribution in [0.1, 0.15) is 35.2 Å². The fourth-order valence-corrected chi connectivity index (χ4v) is 3.34. The van der Waals surface area contributed by atoms with Crippen LogP contribution in [0, 0.1) is 6.92 Å². The van der Waals surface area contributed by atoms with Gasteiger partial charge in [-0.05, 0) is 49.1 Å². The van der Waals surface area contributed by atoms with Gasteiger partial charge in [-0.3, -0.25) is 5.43 Å². The average molecular weight is 301 g/mol. The summed E-state index contributed by atoms with van der Waals surface area (Å²) in [6.45, 7) is 4.38. The van der Waals surface area contributed by atoms with Crippen LogP contribution in [-0.4, -0.2) is 18.1 Å². The zero-order valence-electron chi connectivity index (χ0n) is 12.7. The predicted molar refractivity (Wildman–Crippen MR) is 88.5 cm³/mol. The first-order valence-electron chi connectivity index (χ1n) is 7.38. The zero-order valence-corrected chi connectivity index (χ0v) is 13.5. The molecule has 1 aliphatic rings. The second-order valence-electron chi connectivity index (χ2n) is 6.00. The molecule has 1 aliphatic heterocycles. The monoisotopic (exact) mass is 300 g/mol. The first-order valence-corrected chi connectivity index (χ1v) is 7.76. The normalized spacial score (nSPS) is 22.7. The zero-order chi connectivity index (χ0) is 15.0. The molecular weight excluding hydrogens is 280 g/mol. The highest BCUT2D eigenvalue weighted by molar-refractivity contribution is 6.30. The molecular formula is C18H21ClN2. The number of benzene rings is 2. The lowest BCUT2D eigenvalue weighted by Crippen LogP contribution is -2.42. The number of hydrogen-bond acceptors (Lipinski definition) is 2. The van der Waals surface area contributed by atoms with Gasteiger partial charge in [-0.1, -0.05) is 47.5 Å². The number of halogens is 1. The minimum atomic E-state index is 0.210. The van der Waals surface area contributed by atoms with Crippen molar-refractivity contribution in [3.8, 4) is 0 Å². The summed E-state index contributed by atoms with van der Waals surface area (Å²) in [5.74, 6) is 0. The molecule has 0 fully saturated rings. The largest absolute Gasteiger partial charge is 0.251 e. The van der Waals surface area contributed by atoms with Crippen LogP contribution in [0.25, 0.3) is 0 Å². The summed E-state index contributed by atoms with van der Waals surface area (Å²) in [7, 11) is 2.12. The van der Waals surface area contributed by atoms with Crippen LogP contribution in [-0.2, 0) is 6.42 Å². The third-order valence-corrected chi connectivity index (χ3v) is 4.37. The van der Waals surface area contributed by atoms with Crippen LogP contribution in [0.3, 0.4) is 0 Å². The molecule has 1 N–H and O–H groups in total. The number of hydrogen-bond donors (Lipinski definition) is 1. The van der Waals surface area contributed by atoms with E-state index in [1.54, 1.807) is 0 Å². The highest BCUT2D eigenvalue weighted by Crippen LogP contribution is 2.33. The second kappa shape index (κ2) is 5.80. The molecule has 3 rings (SSSR count). The minimum Gasteiger partial charge on any atom is -0.251 e. The van der Waals surface area contributed by atoms with Gasteiger partial charge in [-0.2, -0.15) is 0 Å². The van der Waals surface area contributed by atoms with Crippen molar-refractivity contribution in [2.75, 3.05) is 7.05 Å². The summed E-state index contributed by atoms with van der Waals surface area (Å²) in [6.07, 6.45) is 1.05. The topological polar surface area (TPSA) is 15.3 Å². The van der Waals surface area contributed by atoms with Gasteiger partial charge >= 0.3 is 0 Å². The van der Waals surface area contributed by atoms with Gasteiger partial charge in [-0.15, -0.1) is 0 Å². The first kappa shape index (κ1) is 14.6. The van der Waals surface area contributed by atoms with Crippen LogP contribution in [0.5, 0.6) is 0 Å². The minimum absolute atomic E-state index is 0.210. The summed E-state index contributed by atoms with van der Waals surface area (Å²) < 4.78 is 0. The van der Waals surface area contributed by atoms with E-state index < -0.39 is 0 Å². The molecule has 0 bridgehead atoms. The molecule has 0 saturated carbocycles. The van der Waals surface area contributed by atoms with Crippen LogP contribution >= 0.6 is 11.6 Å². The van der Waals surface area contributed by atoms with Gasteiger partial charge in [0, 0.05) is 18.1 Å². The Balaban J connectivity index is 2.13. The van der Waals surface area contributed by atoms with E-state index >= 15 is 0 Å². The molecule has 2 aromatic carbocycles. The molecule has 0 amide bonds. The van der Waals surface area contributed by atoms with E-state index in [0.29, 0.717) is 6.04 Å². The number of nitrogens with one attached hydrogen (secondary N) is 1. The van der Waals surface area contributed by atoms with Crippen molar-refractivity contribution < 1.29 is 0 Å². The van der Waals surface area contributed by atoms with Gasteiger partial charge in [0.15, 0.2) is 0 Å². The summed E-state index contributed by atoms with van der Waals surface area (Å²) in [6, 6.07) is 15.6. The van der Waals surface area contributed by atoms with Crippen LogP contribution < -0.4 is 5.43 Å². The molecule has 2 nitrogen and oxygen atoms in total. The third-order valence-electron chi connectivity index (χ3n) is 4.12. The number of hydrazine groups is 1. The van der Waals surface area contributed by atoms with E-state index in [0.717, 1.165) is 11.4 Å². The van der Waals surface area contributed by atoms with Crippen molar-refractivity contribution in [3.63, 3.8) is 0 Å². The Morgan fingerprint density at radius 1 is 1.14 bits per heavy atom. The Kier molecular flexibility index (Phi) is 4.03. The van der Waals surface area contributed by atoms with E-state index in [4.69, 9.17) is 11.6 Å². The Morgan fingerprint density at radius 2 is 1.86 bits per heavy atom. The van der Waals surface area contributed by atoms with Crippen molar-refractivity contribution in [1.29, 1.82) is 0 Å². The highest BCUT2D eigenvalue weighted by atomic mass is 35.5. The number of nitrogens with zero attached hydrogens (tertiary/aromatic N) is 1. The molecule has 110 valence electrons. The van der Waals surface area contributed by atoms with Crippen molar-refractivity contribution in [3.05, 3.63) is 69.7 Å². The van der Waals surface area contributed by atoms with Crippen molar-refractivity contribution in [1.82, 2.24) is 10.4 Å². The van der Waals surface area contributed by atoms with E-state index in [2.05, 4.69) is 61.7 Å². The Bertz CT molecular complexity index is 636.